The number of aliphatic hydroxyl groups excluding tert-OH is 4. The number of aromatic nitrogens is 2. The van der Waals surface area contributed by atoms with Gasteiger partial charge in [0, 0.05) is 5.56 Å². The molecule has 33 heavy (non-hydrogen) atoms. The largest absolute Gasteiger partial charge is 0.493 e. The number of aryl methyl sites for hydroxylation is 1. The second-order valence-corrected chi connectivity index (χ2v) is 7.87. The Morgan fingerprint density at radius 2 is 1.85 bits per heavy atom. The molecule has 1 aliphatic heterocycles. The molecule has 0 bridgehead atoms. The van der Waals surface area contributed by atoms with Crippen LogP contribution in [0, 0.1) is 0 Å². The van der Waals surface area contributed by atoms with E-state index >= 15 is 0 Å². The first-order valence-electron chi connectivity index (χ1n) is 11.2. The fourth-order valence-electron chi connectivity index (χ4n) is 3.73. The van der Waals surface area contributed by atoms with Gasteiger partial charge in [-0.3, -0.25) is 4.79 Å². The molecule has 182 valence electrons. The van der Waals surface area contributed by atoms with Gasteiger partial charge in [0.15, 0.2) is 0 Å². The lowest BCUT2D eigenvalue weighted by Crippen LogP contribution is -2.60. The Labute approximate surface area is 191 Å². The molecular formula is C23H32N2O8. The lowest BCUT2D eigenvalue weighted by atomic mass is 9.99. The van der Waals surface area contributed by atoms with E-state index in [1.807, 2.05) is 20.8 Å². The molecule has 0 spiro atoms. The number of nitrogens with one attached hydrogen (secondary N) is 1. The number of nitrogens with zero attached hydrogens (tertiary/aromatic N) is 1. The van der Waals surface area contributed by atoms with Gasteiger partial charge >= 0.3 is 0 Å². The third kappa shape index (κ3) is 5.36. The Morgan fingerprint density at radius 3 is 2.48 bits per heavy atom. The average Bonchev–Trinajstić information content (AvgIpc) is 2.82. The molecule has 0 radical (unpaired) electrons. The molecule has 1 fully saturated rings. The minimum absolute atomic E-state index is 0.221. The second-order valence-electron chi connectivity index (χ2n) is 7.87. The summed E-state index contributed by atoms with van der Waals surface area (Å²) in [7, 11) is 0. The van der Waals surface area contributed by atoms with Crippen molar-refractivity contribution in [2.24, 2.45) is 0 Å². The summed E-state index contributed by atoms with van der Waals surface area (Å²) < 4.78 is 17.0. The van der Waals surface area contributed by atoms with Gasteiger partial charge < -0.3 is 39.6 Å². The molecule has 5 unspecified atom stereocenters. The number of rotatable bonds is 9. The molecule has 3 rings (SSSR count). The number of ether oxygens (including phenoxy) is 3. The van der Waals surface area contributed by atoms with Crippen LogP contribution < -0.4 is 15.0 Å². The summed E-state index contributed by atoms with van der Waals surface area (Å²) in [5, 5.41) is 39.6. The first-order chi connectivity index (χ1) is 15.8. The molecule has 1 aromatic heterocycles. The maximum Gasteiger partial charge on any atom is 0.254 e. The van der Waals surface area contributed by atoms with Crippen molar-refractivity contribution in [1.29, 1.82) is 0 Å². The van der Waals surface area contributed by atoms with Crippen molar-refractivity contribution in [2.45, 2.75) is 70.7 Å². The number of aliphatic hydroxyl groups is 4. The molecule has 1 aromatic carbocycles. The van der Waals surface area contributed by atoms with Crippen molar-refractivity contribution < 1.29 is 34.6 Å². The van der Waals surface area contributed by atoms with Crippen LogP contribution >= 0.6 is 0 Å². The summed E-state index contributed by atoms with van der Waals surface area (Å²) in [5.41, 5.74) is 1.59. The van der Waals surface area contributed by atoms with Gasteiger partial charge in [-0.2, -0.15) is 0 Å². The number of aromatic amines is 1. The van der Waals surface area contributed by atoms with E-state index in [-0.39, 0.29) is 11.3 Å². The van der Waals surface area contributed by atoms with Gasteiger partial charge in [-0.25, -0.2) is 4.98 Å². The zero-order valence-corrected chi connectivity index (χ0v) is 19.0. The fraction of sp³-hybridized carbons (Fsp3) is 0.565. The lowest BCUT2D eigenvalue weighted by molar-refractivity contribution is -0.277. The van der Waals surface area contributed by atoms with Crippen molar-refractivity contribution in [2.75, 3.05) is 13.2 Å². The van der Waals surface area contributed by atoms with Crippen molar-refractivity contribution in [1.82, 2.24) is 9.97 Å². The SMILES string of the molecule is CCCOc1ccc(OC2OC(CO)C(O)C(O)C2O)cc1-c1nc(CC)c(CC)c(=O)[nH]1. The molecule has 5 N–H and O–H groups in total. The Hall–Kier alpha value is -2.50. The summed E-state index contributed by atoms with van der Waals surface area (Å²) in [4.78, 5) is 20.1. The number of benzene rings is 1. The predicted molar refractivity (Wildman–Crippen MR) is 119 cm³/mol. The van der Waals surface area contributed by atoms with Crippen LogP contribution in [0.25, 0.3) is 11.4 Å². The normalized spacial score (nSPS) is 25.1. The zero-order valence-electron chi connectivity index (χ0n) is 19.0. The van der Waals surface area contributed by atoms with Gasteiger partial charge in [-0.1, -0.05) is 20.8 Å². The minimum Gasteiger partial charge on any atom is -0.493 e. The standard InChI is InChI=1S/C23H32N2O8/c1-4-9-31-16-8-7-12(32-23-20(29)19(28)18(27)17(11-26)33-23)10-14(16)21-24-15(6-3)13(5-2)22(30)25-21/h7-8,10,17-20,23,26-29H,4-6,9,11H2,1-3H3,(H,24,25,30). The van der Waals surface area contributed by atoms with Gasteiger partial charge in [0.05, 0.1) is 24.5 Å². The minimum atomic E-state index is -1.56. The Morgan fingerprint density at radius 1 is 1.09 bits per heavy atom. The van der Waals surface area contributed by atoms with Crippen molar-refractivity contribution in [3.63, 3.8) is 0 Å². The highest BCUT2D eigenvalue weighted by Gasteiger charge is 2.44. The number of H-pyrrole nitrogens is 1. The Balaban J connectivity index is 1.99. The van der Waals surface area contributed by atoms with E-state index in [1.54, 1.807) is 18.2 Å². The molecule has 2 aromatic rings. The van der Waals surface area contributed by atoms with Crippen LogP contribution in [0.1, 0.15) is 38.4 Å². The van der Waals surface area contributed by atoms with E-state index < -0.39 is 37.3 Å². The molecule has 10 heteroatoms. The zero-order chi connectivity index (χ0) is 24.1. The second kappa shape index (κ2) is 11.1. The molecule has 0 aliphatic carbocycles. The summed E-state index contributed by atoms with van der Waals surface area (Å²) in [6, 6.07) is 4.84. The van der Waals surface area contributed by atoms with Gasteiger partial charge in [0.2, 0.25) is 6.29 Å². The molecule has 5 atom stereocenters. The first-order valence-corrected chi connectivity index (χ1v) is 11.2. The molecule has 10 nitrogen and oxygen atoms in total. The summed E-state index contributed by atoms with van der Waals surface area (Å²) in [5.74, 6) is 1.06. The van der Waals surface area contributed by atoms with Crippen LogP contribution in [0.3, 0.4) is 0 Å². The molecular weight excluding hydrogens is 432 g/mol. The van der Waals surface area contributed by atoms with Crippen LogP contribution in [0.5, 0.6) is 11.5 Å². The maximum atomic E-state index is 12.6. The number of hydrogen-bond acceptors (Lipinski definition) is 9. The van der Waals surface area contributed by atoms with Crippen LogP contribution in [-0.4, -0.2) is 74.3 Å². The van der Waals surface area contributed by atoms with Gasteiger partial charge in [0.25, 0.3) is 5.56 Å². The molecule has 1 aliphatic rings. The summed E-state index contributed by atoms with van der Waals surface area (Å²) >= 11 is 0. The van der Waals surface area contributed by atoms with E-state index in [0.29, 0.717) is 47.8 Å². The van der Waals surface area contributed by atoms with E-state index in [4.69, 9.17) is 14.2 Å². The van der Waals surface area contributed by atoms with Gasteiger partial charge in [0.1, 0.15) is 41.7 Å². The van der Waals surface area contributed by atoms with E-state index in [0.717, 1.165) is 6.42 Å². The highest BCUT2D eigenvalue weighted by molar-refractivity contribution is 5.66. The molecule has 2 heterocycles. The van der Waals surface area contributed by atoms with Crippen molar-refractivity contribution in [3.8, 4) is 22.9 Å². The smallest absolute Gasteiger partial charge is 0.254 e. The van der Waals surface area contributed by atoms with Gasteiger partial charge in [-0.15, -0.1) is 0 Å². The highest BCUT2D eigenvalue weighted by Crippen LogP contribution is 2.33. The first kappa shape index (κ1) is 25.1. The molecule has 0 saturated carbocycles. The Bertz CT molecular complexity index is 993. The fourth-order valence-corrected chi connectivity index (χ4v) is 3.73. The monoisotopic (exact) mass is 464 g/mol. The highest BCUT2D eigenvalue weighted by atomic mass is 16.7. The van der Waals surface area contributed by atoms with Crippen LogP contribution in [0.4, 0.5) is 0 Å². The van der Waals surface area contributed by atoms with E-state index in [2.05, 4.69) is 9.97 Å². The van der Waals surface area contributed by atoms with Crippen molar-refractivity contribution >= 4 is 0 Å². The number of hydrogen-bond donors (Lipinski definition) is 5. The average molecular weight is 465 g/mol. The lowest BCUT2D eigenvalue weighted by Gasteiger charge is -2.39. The summed E-state index contributed by atoms with van der Waals surface area (Å²) in [6.45, 7) is 5.70. The van der Waals surface area contributed by atoms with Crippen LogP contribution in [0.15, 0.2) is 23.0 Å². The third-order valence-corrected chi connectivity index (χ3v) is 5.56. The quantitative estimate of drug-likeness (QED) is 0.357. The van der Waals surface area contributed by atoms with Gasteiger partial charge in [-0.05, 0) is 37.5 Å². The summed E-state index contributed by atoms with van der Waals surface area (Å²) in [6.07, 6.45) is -5.08. The molecule has 0 amide bonds. The van der Waals surface area contributed by atoms with E-state index in [9.17, 15) is 25.2 Å². The maximum absolute atomic E-state index is 12.6. The van der Waals surface area contributed by atoms with Crippen LogP contribution in [-0.2, 0) is 17.6 Å². The van der Waals surface area contributed by atoms with Crippen molar-refractivity contribution in [3.05, 3.63) is 39.8 Å². The topological polar surface area (TPSA) is 154 Å². The predicted octanol–water partition coefficient (Wildman–Crippen LogP) is 0.529. The third-order valence-electron chi connectivity index (χ3n) is 5.56. The molecule has 1 saturated heterocycles. The van der Waals surface area contributed by atoms with Crippen LogP contribution in [0.2, 0.25) is 0 Å². The Kier molecular flexibility index (Phi) is 8.44. The van der Waals surface area contributed by atoms with E-state index in [1.165, 1.54) is 0 Å².